The minimum Gasteiger partial charge on any atom is -0.228 e. The molecule has 0 radical (unpaired) electrons. The largest absolute Gasteiger partial charge is 0.228 e. The van der Waals surface area contributed by atoms with Gasteiger partial charge in [0.1, 0.15) is 0 Å². The zero-order valence-corrected chi connectivity index (χ0v) is 28.4. The second-order valence-corrected chi connectivity index (χ2v) is 17.0. The summed E-state index contributed by atoms with van der Waals surface area (Å²) in [6.07, 6.45) is 0.792. The molecule has 1 aliphatic heterocycles. The third-order valence-electron chi connectivity index (χ3n) is 10.6. The van der Waals surface area contributed by atoms with Crippen LogP contribution in [0.1, 0.15) is 11.1 Å². The summed E-state index contributed by atoms with van der Waals surface area (Å²) in [6.45, 7) is 0. The van der Waals surface area contributed by atoms with Gasteiger partial charge in [0.2, 0.25) is 0 Å². The van der Waals surface area contributed by atoms with Crippen LogP contribution in [-0.2, 0) is 6.42 Å². The van der Waals surface area contributed by atoms with E-state index < -0.39 is 8.07 Å². The van der Waals surface area contributed by atoms with E-state index in [0.717, 1.165) is 34.8 Å². The van der Waals surface area contributed by atoms with Crippen LogP contribution in [0.15, 0.2) is 182 Å². The highest BCUT2D eigenvalue weighted by molar-refractivity contribution is 7.22. The average Bonchev–Trinajstić information content (AvgIpc) is 3.73. The van der Waals surface area contributed by atoms with Crippen LogP contribution in [0, 0.1) is 0 Å². The predicted octanol–water partition coefficient (Wildman–Crippen LogP) is 8.41. The fourth-order valence-electron chi connectivity index (χ4n) is 8.49. The Hall–Kier alpha value is -6.16. The van der Waals surface area contributed by atoms with Crippen molar-refractivity contribution in [2.45, 2.75) is 6.42 Å². The van der Waals surface area contributed by atoms with Gasteiger partial charge in [0.05, 0.1) is 11.4 Å². The highest BCUT2D eigenvalue weighted by atomic mass is 28.3. The summed E-state index contributed by atoms with van der Waals surface area (Å²) in [7, 11) is -2.52. The Morgan fingerprint density at radius 3 is 1.60 bits per heavy atom. The molecule has 7 aromatic carbocycles. The number of fused-ring (bicyclic) bond motifs is 6. The number of hydrogen-bond acceptors (Lipinski definition) is 2. The molecule has 3 heteroatoms. The van der Waals surface area contributed by atoms with E-state index in [1.165, 1.54) is 59.7 Å². The Labute approximate surface area is 293 Å². The van der Waals surface area contributed by atoms with Crippen LogP contribution in [0.3, 0.4) is 0 Å². The van der Waals surface area contributed by atoms with Crippen molar-refractivity contribution >= 4 is 28.8 Å². The molecule has 0 saturated heterocycles. The molecule has 0 amide bonds. The van der Waals surface area contributed by atoms with Crippen molar-refractivity contribution in [3.8, 4) is 56.2 Å². The maximum Gasteiger partial charge on any atom is 0.180 e. The van der Waals surface area contributed by atoms with E-state index in [9.17, 15) is 0 Å². The van der Waals surface area contributed by atoms with Gasteiger partial charge in [-0.3, -0.25) is 0 Å². The van der Waals surface area contributed by atoms with Crippen LogP contribution < -0.4 is 20.7 Å². The fourth-order valence-corrected chi connectivity index (χ4v) is 13.7. The normalized spacial score (nSPS) is 13.3. The van der Waals surface area contributed by atoms with Gasteiger partial charge in [-0.2, -0.15) is 0 Å². The minimum atomic E-state index is -2.52. The third kappa shape index (κ3) is 4.27. The van der Waals surface area contributed by atoms with E-state index in [1.54, 1.807) is 0 Å². The molecule has 2 heterocycles. The second-order valence-electron chi connectivity index (χ2n) is 13.3. The Balaban J connectivity index is 1.17. The molecule has 0 saturated carbocycles. The lowest BCUT2D eigenvalue weighted by Gasteiger charge is -2.31. The monoisotopic (exact) mass is 652 g/mol. The van der Waals surface area contributed by atoms with Gasteiger partial charge in [-0.1, -0.05) is 176 Å². The summed E-state index contributed by atoms with van der Waals surface area (Å²) >= 11 is 0. The standard InChI is InChI=1S/C47H32N2Si/c1-5-16-32(17-6-1)45-42-31-40-37(25-15-26-39(40)46(42)49-47(48-45)33-18-7-2-8-19-33)34-28-29-44-41(30-34)38-24-13-14-27-43(38)50(44,35-20-9-3-10-21-35)36-22-11-4-12-23-36/h1-30H,31H2. The van der Waals surface area contributed by atoms with Crippen LogP contribution in [0.25, 0.3) is 56.2 Å². The lowest BCUT2D eigenvalue weighted by atomic mass is 9.93. The van der Waals surface area contributed by atoms with Crippen molar-refractivity contribution in [3.05, 3.63) is 193 Å². The summed E-state index contributed by atoms with van der Waals surface area (Å²) in [5, 5.41) is 5.76. The fraction of sp³-hybridized carbons (Fsp3) is 0.0213. The molecule has 0 unspecified atom stereocenters. The zero-order chi connectivity index (χ0) is 33.1. The Morgan fingerprint density at radius 2 is 0.900 bits per heavy atom. The van der Waals surface area contributed by atoms with Gasteiger partial charge in [-0.25, -0.2) is 9.97 Å². The number of rotatable bonds is 5. The predicted molar refractivity (Wildman–Crippen MR) is 209 cm³/mol. The van der Waals surface area contributed by atoms with Crippen LogP contribution in [0.2, 0.25) is 0 Å². The highest BCUT2D eigenvalue weighted by Gasteiger charge is 2.48. The molecule has 1 aliphatic carbocycles. The molecular weight excluding hydrogens is 621 g/mol. The van der Waals surface area contributed by atoms with Gasteiger partial charge in [0.25, 0.3) is 0 Å². The van der Waals surface area contributed by atoms with Gasteiger partial charge in [0, 0.05) is 28.7 Å². The molecule has 8 aromatic rings. The summed E-state index contributed by atoms with van der Waals surface area (Å²) in [6, 6.07) is 66.5. The van der Waals surface area contributed by atoms with Crippen molar-refractivity contribution in [2.75, 3.05) is 0 Å². The molecule has 0 bridgehead atoms. The van der Waals surface area contributed by atoms with Crippen LogP contribution in [-0.4, -0.2) is 18.0 Å². The van der Waals surface area contributed by atoms with Gasteiger partial charge >= 0.3 is 0 Å². The van der Waals surface area contributed by atoms with E-state index >= 15 is 0 Å². The molecule has 2 nitrogen and oxygen atoms in total. The maximum atomic E-state index is 5.25. The molecule has 0 N–H and O–H groups in total. The lowest BCUT2D eigenvalue weighted by Crippen LogP contribution is -2.72. The second kappa shape index (κ2) is 11.5. The van der Waals surface area contributed by atoms with E-state index in [2.05, 4.69) is 176 Å². The summed E-state index contributed by atoms with van der Waals surface area (Å²) in [5.74, 6) is 0.763. The number of aromatic nitrogens is 2. The Morgan fingerprint density at radius 1 is 0.360 bits per heavy atom. The van der Waals surface area contributed by atoms with Crippen molar-refractivity contribution in [3.63, 3.8) is 0 Å². The minimum absolute atomic E-state index is 0.763. The molecule has 234 valence electrons. The summed E-state index contributed by atoms with van der Waals surface area (Å²) in [5.41, 5.74) is 13.1. The average molecular weight is 653 g/mol. The first-order chi connectivity index (χ1) is 24.8. The van der Waals surface area contributed by atoms with Crippen molar-refractivity contribution in [1.29, 1.82) is 0 Å². The van der Waals surface area contributed by atoms with Crippen LogP contribution >= 0.6 is 0 Å². The van der Waals surface area contributed by atoms with Crippen molar-refractivity contribution in [2.24, 2.45) is 0 Å². The molecule has 0 fully saturated rings. The Kier molecular flexibility index (Phi) is 6.61. The number of hydrogen-bond donors (Lipinski definition) is 0. The molecule has 0 atom stereocenters. The quantitative estimate of drug-likeness (QED) is 0.175. The third-order valence-corrected chi connectivity index (χ3v) is 15.5. The van der Waals surface area contributed by atoms with E-state index in [-0.39, 0.29) is 0 Å². The first kappa shape index (κ1) is 28.8. The van der Waals surface area contributed by atoms with Gasteiger partial charge in [-0.05, 0) is 54.6 Å². The number of benzene rings is 7. The summed E-state index contributed by atoms with van der Waals surface area (Å²) < 4.78 is 0. The first-order valence-corrected chi connectivity index (χ1v) is 19.3. The molecule has 1 aromatic heterocycles. The van der Waals surface area contributed by atoms with E-state index in [1.807, 2.05) is 6.07 Å². The lowest BCUT2D eigenvalue weighted by molar-refractivity contribution is 1.13. The number of nitrogens with zero attached hydrogens (tertiary/aromatic N) is 2. The van der Waals surface area contributed by atoms with Crippen LogP contribution in [0.4, 0.5) is 0 Å². The highest BCUT2D eigenvalue weighted by Crippen LogP contribution is 2.45. The van der Waals surface area contributed by atoms with Crippen LogP contribution in [0.5, 0.6) is 0 Å². The van der Waals surface area contributed by atoms with Crippen molar-refractivity contribution in [1.82, 2.24) is 9.97 Å². The molecule has 2 aliphatic rings. The molecule has 10 rings (SSSR count). The van der Waals surface area contributed by atoms with Gasteiger partial charge in [-0.15, -0.1) is 0 Å². The Bertz CT molecular complexity index is 2510. The smallest absolute Gasteiger partial charge is 0.180 e. The van der Waals surface area contributed by atoms with Gasteiger partial charge in [0.15, 0.2) is 13.9 Å². The topological polar surface area (TPSA) is 25.8 Å². The molecule has 50 heavy (non-hydrogen) atoms. The zero-order valence-electron chi connectivity index (χ0n) is 27.4. The SMILES string of the molecule is c1ccc(-c2nc(-c3ccccc3)c3c(n2)-c2cccc(-c4ccc5c(c4)-c4ccccc4[Si]5(c4ccccc4)c4ccccc4)c2C3)cc1. The molecule has 0 spiro atoms. The maximum absolute atomic E-state index is 5.25. The van der Waals surface area contributed by atoms with Gasteiger partial charge < -0.3 is 0 Å². The summed E-state index contributed by atoms with van der Waals surface area (Å²) in [4.78, 5) is 10.5. The van der Waals surface area contributed by atoms with E-state index in [4.69, 9.17) is 9.97 Å². The van der Waals surface area contributed by atoms with Crippen molar-refractivity contribution < 1.29 is 0 Å². The molecular formula is C47H32N2Si. The first-order valence-electron chi connectivity index (χ1n) is 17.3. The van der Waals surface area contributed by atoms with E-state index in [0.29, 0.717) is 0 Å².